The lowest BCUT2D eigenvalue weighted by atomic mass is 9.81. The van der Waals surface area contributed by atoms with E-state index in [4.69, 9.17) is 4.74 Å². The first-order valence-electron chi connectivity index (χ1n) is 8.16. The first-order chi connectivity index (χ1) is 11.1. The van der Waals surface area contributed by atoms with Crippen LogP contribution in [0.1, 0.15) is 42.9 Å². The van der Waals surface area contributed by atoms with Gasteiger partial charge in [0, 0.05) is 16.7 Å². The molecular formula is C21H22O2. The van der Waals surface area contributed by atoms with Gasteiger partial charge in [-0.25, -0.2) is 4.79 Å². The van der Waals surface area contributed by atoms with Crippen LogP contribution in [-0.2, 0) is 21.6 Å². The van der Waals surface area contributed by atoms with Crippen molar-refractivity contribution in [2.45, 2.75) is 38.2 Å². The molecule has 1 unspecified atom stereocenters. The van der Waals surface area contributed by atoms with Gasteiger partial charge in [0.15, 0.2) is 5.60 Å². The van der Waals surface area contributed by atoms with Gasteiger partial charge in [-0.3, -0.25) is 0 Å². The van der Waals surface area contributed by atoms with Gasteiger partial charge in [-0.05, 0) is 38.2 Å². The monoisotopic (exact) mass is 306 g/mol. The second-order valence-electron chi connectivity index (χ2n) is 6.23. The Bertz CT molecular complexity index is 718. The second kappa shape index (κ2) is 6.41. The zero-order valence-corrected chi connectivity index (χ0v) is 13.5. The number of benzene rings is 2. The third-order valence-electron chi connectivity index (χ3n) is 4.53. The maximum atomic E-state index is 12.4. The number of hydrogen-bond acceptors (Lipinski definition) is 2. The van der Waals surface area contributed by atoms with Crippen LogP contribution in [0.4, 0.5) is 0 Å². The lowest BCUT2D eigenvalue weighted by molar-refractivity contribution is -0.152. The molecule has 2 nitrogen and oxygen atoms in total. The van der Waals surface area contributed by atoms with Crippen molar-refractivity contribution in [1.29, 1.82) is 0 Å². The molecule has 0 radical (unpaired) electrons. The number of esters is 1. The fourth-order valence-corrected chi connectivity index (χ4v) is 3.37. The maximum absolute atomic E-state index is 12.4. The summed E-state index contributed by atoms with van der Waals surface area (Å²) in [6, 6.07) is 18.4. The molecule has 0 heterocycles. The molecule has 0 saturated carbocycles. The van der Waals surface area contributed by atoms with Crippen molar-refractivity contribution in [3.8, 4) is 0 Å². The fraction of sp³-hybridized carbons (Fsp3) is 0.286. The Hall–Kier alpha value is -2.35. The molecule has 0 N–H and O–H groups in total. The molecule has 2 aromatic carbocycles. The minimum absolute atomic E-state index is 0.328. The Kier molecular flexibility index (Phi) is 4.33. The third-order valence-corrected chi connectivity index (χ3v) is 4.53. The number of carbonyl (C=O) groups excluding carboxylic acids is 1. The van der Waals surface area contributed by atoms with Gasteiger partial charge in [0.2, 0.25) is 0 Å². The molecule has 1 atom stereocenters. The predicted octanol–water partition coefficient (Wildman–Crippen LogP) is 4.78. The lowest BCUT2D eigenvalue weighted by Crippen LogP contribution is -2.34. The van der Waals surface area contributed by atoms with Gasteiger partial charge < -0.3 is 4.74 Å². The summed E-state index contributed by atoms with van der Waals surface area (Å²) in [6.45, 7) is 5.45. The quantitative estimate of drug-likeness (QED) is 0.463. The molecule has 3 rings (SSSR count). The van der Waals surface area contributed by atoms with Crippen LogP contribution >= 0.6 is 0 Å². The zero-order valence-electron chi connectivity index (χ0n) is 13.5. The summed E-state index contributed by atoms with van der Waals surface area (Å²) in [4.78, 5) is 12.4. The average Bonchev–Trinajstić information content (AvgIpc) is 2.76. The van der Waals surface area contributed by atoms with Crippen molar-refractivity contribution in [3.05, 3.63) is 83.4 Å². The summed E-state index contributed by atoms with van der Waals surface area (Å²) in [5.74, 6) is -0.328. The molecule has 2 heteroatoms. The summed E-state index contributed by atoms with van der Waals surface area (Å²) >= 11 is 0. The van der Waals surface area contributed by atoms with E-state index in [0.717, 1.165) is 36.8 Å². The predicted molar refractivity (Wildman–Crippen MR) is 92.1 cm³/mol. The van der Waals surface area contributed by atoms with Crippen LogP contribution in [0.3, 0.4) is 0 Å². The zero-order chi connectivity index (χ0) is 16.3. The van der Waals surface area contributed by atoms with E-state index in [0.29, 0.717) is 5.57 Å². The van der Waals surface area contributed by atoms with Crippen LogP contribution in [0, 0.1) is 0 Å². The van der Waals surface area contributed by atoms with Gasteiger partial charge in [0.1, 0.15) is 0 Å². The summed E-state index contributed by atoms with van der Waals surface area (Å²) in [5.41, 5.74) is 3.12. The molecule has 1 aliphatic rings. The van der Waals surface area contributed by atoms with E-state index in [2.05, 4.69) is 24.8 Å². The maximum Gasteiger partial charge on any atom is 0.334 e. The third kappa shape index (κ3) is 2.94. The normalized spacial score (nSPS) is 20.2. The van der Waals surface area contributed by atoms with E-state index in [1.165, 1.54) is 5.56 Å². The molecule has 2 aromatic rings. The molecule has 0 saturated heterocycles. The average molecular weight is 306 g/mol. The molecule has 0 spiro atoms. The van der Waals surface area contributed by atoms with Gasteiger partial charge in [0.25, 0.3) is 0 Å². The largest absolute Gasteiger partial charge is 0.446 e. The van der Waals surface area contributed by atoms with Crippen LogP contribution in [0.5, 0.6) is 0 Å². The van der Waals surface area contributed by atoms with Crippen molar-refractivity contribution < 1.29 is 9.53 Å². The van der Waals surface area contributed by atoms with Crippen LogP contribution in [-0.4, -0.2) is 5.97 Å². The highest BCUT2D eigenvalue weighted by atomic mass is 16.6. The van der Waals surface area contributed by atoms with E-state index in [-0.39, 0.29) is 5.97 Å². The van der Waals surface area contributed by atoms with Crippen LogP contribution in [0.2, 0.25) is 0 Å². The molecule has 0 fully saturated rings. The van der Waals surface area contributed by atoms with Gasteiger partial charge in [-0.15, -0.1) is 0 Å². The first kappa shape index (κ1) is 15.5. The second-order valence-corrected chi connectivity index (χ2v) is 6.23. The molecule has 0 bridgehead atoms. The number of rotatable bonds is 3. The van der Waals surface area contributed by atoms with Crippen molar-refractivity contribution >= 4 is 5.97 Å². The minimum atomic E-state index is -0.718. The van der Waals surface area contributed by atoms with Gasteiger partial charge in [-0.1, -0.05) is 61.2 Å². The summed E-state index contributed by atoms with van der Waals surface area (Å²) in [6.07, 6.45) is 3.95. The highest BCUT2D eigenvalue weighted by molar-refractivity contribution is 5.87. The number of fused-ring (bicyclic) bond motifs is 1. The minimum Gasteiger partial charge on any atom is -0.446 e. The molecular weight excluding hydrogens is 284 g/mol. The number of aryl methyl sites for hydroxylation is 1. The van der Waals surface area contributed by atoms with Crippen LogP contribution < -0.4 is 0 Å². The van der Waals surface area contributed by atoms with Crippen LogP contribution in [0.15, 0.2) is 66.7 Å². The van der Waals surface area contributed by atoms with Crippen molar-refractivity contribution in [2.75, 3.05) is 0 Å². The summed E-state index contributed by atoms with van der Waals surface area (Å²) < 4.78 is 6.09. The smallest absolute Gasteiger partial charge is 0.334 e. The number of ether oxygens (including phenoxy) is 1. The van der Waals surface area contributed by atoms with Crippen LogP contribution in [0.25, 0.3) is 0 Å². The highest BCUT2D eigenvalue weighted by Gasteiger charge is 2.40. The summed E-state index contributed by atoms with van der Waals surface area (Å²) in [5, 5.41) is 0. The number of hydrogen-bond donors (Lipinski definition) is 0. The molecule has 1 aliphatic carbocycles. The Morgan fingerprint density at radius 1 is 1.04 bits per heavy atom. The lowest BCUT2D eigenvalue weighted by Gasteiger charge is -2.35. The Morgan fingerprint density at radius 2 is 1.74 bits per heavy atom. The topological polar surface area (TPSA) is 26.3 Å². The van der Waals surface area contributed by atoms with E-state index in [1.54, 1.807) is 6.92 Å². The fourth-order valence-electron chi connectivity index (χ4n) is 3.37. The van der Waals surface area contributed by atoms with Gasteiger partial charge in [-0.2, -0.15) is 0 Å². The Balaban J connectivity index is 2.20. The Labute approximate surface area is 137 Å². The van der Waals surface area contributed by atoms with Crippen molar-refractivity contribution in [2.24, 2.45) is 0 Å². The Morgan fingerprint density at radius 3 is 2.48 bits per heavy atom. The number of carbonyl (C=O) groups is 1. The molecule has 23 heavy (non-hydrogen) atoms. The van der Waals surface area contributed by atoms with E-state index < -0.39 is 5.60 Å². The van der Waals surface area contributed by atoms with Gasteiger partial charge >= 0.3 is 5.97 Å². The van der Waals surface area contributed by atoms with Gasteiger partial charge in [0.05, 0.1) is 0 Å². The first-order valence-corrected chi connectivity index (χ1v) is 8.16. The van der Waals surface area contributed by atoms with E-state index in [1.807, 2.05) is 36.4 Å². The molecule has 118 valence electrons. The van der Waals surface area contributed by atoms with E-state index >= 15 is 0 Å². The highest BCUT2D eigenvalue weighted by Crippen LogP contribution is 2.43. The SMILES string of the molecule is C=C(C)C(=O)OC1(c2ccccc2)CCCCc2ccccc21. The standard InChI is InChI=1S/C21H22O2/c1-16(2)20(22)23-21(18-12-4-3-5-13-18)15-9-8-11-17-10-6-7-14-19(17)21/h3-7,10,12-14H,1,8-9,11,15H2,2H3. The molecule has 0 amide bonds. The molecule has 0 aromatic heterocycles. The summed E-state index contributed by atoms with van der Waals surface area (Å²) in [7, 11) is 0. The molecule has 0 aliphatic heterocycles. The van der Waals surface area contributed by atoms with E-state index in [9.17, 15) is 4.79 Å². The van der Waals surface area contributed by atoms with Crippen molar-refractivity contribution in [3.63, 3.8) is 0 Å². The van der Waals surface area contributed by atoms with Crippen molar-refractivity contribution in [1.82, 2.24) is 0 Å².